The summed E-state index contributed by atoms with van der Waals surface area (Å²) in [6, 6.07) is 6.67. The summed E-state index contributed by atoms with van der Waals surface area (Å²) in [7, 11) is 0. The first kappa shape index (κ1) is 13.7. The number of rotatable bonds is 2. The third-order valence-electron chi connectivity index (χ3n) is 4.41. The van der Waals surface area contributed by atoms with Crippen molar-refractivity contribution in [1.29, 1.82) is 0 Å². The van der Waals surface area contributed by atoms with Gasteiger partial charge in [0.2, 0.25) is 0 Å². The van der Waals surface area contributed by atoms with E-state index in [0.717, 1.165) is 6.04 Å². The molecule has 0 spiro atoms. The van der Waals surface area contributed by atoms with Gasteiger partial charge in [0.05, 0.1) is 0 Å². The van der Waals surface area contributed by atoms with Gasteiger partial charge in [-0.1, -0.05) is 13.0 Å². The largest absolute Gasteiger partial charge is 0.508 e. The molecule has 1 fully saturated rings. The van der Waals surface area contributed by atoms with Crippen molar-refractivity contribution in [3.05, 3.63) is 29.3 Å². The van der Waals surface area contributed by atoms with Gasteiger partial charge < -0.3 is 5.11 Å². The van der Waals surface area contributed by atoms with Crippen molar-refractivity contribution in [1.82, 2.24) is 4.90 Å². The minimum absolute atomic E-state index is 0. The van der Waals surface area contributed by atoms with E-state index in [4.69, 9.17) is 0 Å². The van der Waals surface area contributed by atoms with Crippen molar-refractivity contribution < 1.29 is 5.11 Å². The Morgan fingerprint density at radius 1 is 1.33 bits per heavy atom. The van der Waals surface area contributed by atoms with Crippen LogP contribution in [0.1, 0.15) is 43.2 Å². The lowest BCUT2D eigenvalue weighted by molar-refractivity contribution is 0.227. The van der Waals surface area contributed by atoms with Gasteiger partial charge in [0.1, 0.15) is 5.75 Å². The van der Waals surface area contributed by atoms with Crippen LogP contribution in [0, 0.1) is 0 Å². The van der Waals surface area contributed by atoms with Crippen LogP contribution in [-0.2, 0) is 6.42 Å². The lowest BCUT2D eigenvalue weighted by Gasteiger charge is -2.33. The van der Waals surface area contributed by atoms with Crippen LogP contribution in [0.5, 0.6) is 5.75 Å². The quantitative estimate of drug-likeness (QED) is 0.889. The molecule has 2 nitrogen and oxygen atoms in total. The first-order valence-electron chi connectivity index (χ1n) is 6.85. The monoisotopic (exact) mass is 267 g/mol. The molecule has 1 aliphatic heterocycles. The van der Waals surface area contributed by atoms with Crippen molar-refractivity contribution in [2.24, 2.45) is 0 Å². The highest BCUT2D eigenvalue weighted by molar-refractivity contribution is 5.85. The first-order chi connectivity index (χ1) is 8.29. The average Bonchev–Trinajstić information content (AvgIpc) is 2.73. The standard InChI is InChI=1S/C15H21NO.ClH/c1-2-8-16-9-7-13-14-10-12(17)5-3-11(14)4-6-15(13)16;/h3,5,10,13,15,17H,2,4,6-9H2,1H3;1H/t13-,15+;/m0./s1. The highest BCUT2D eigenvalue weighted by Crippen LogP contribution is 2.42. The Morgan fingerprint density at radius 3 is 2.94 bits per heavy atom. The Balaban J connectivity index is 0.00000120. The van der Waals surface area contributed by atoms with Crippen LogP contribution in [-0.4, -0.2) is 29.1 Å². The lowest BCUT2D eigenvalue weighted by Crippen LogP contribution is -2.35. The molecule has 0 bridgehead atoms. The molecule has 18 heavy (non-hydrogen) atoms. The third-order valence-corrected chi connectivity index (χ3v) is 4.41. The molecule has 1 aliphatic carbocycles. The van der Waals surface area contributed by atoms with Crippen LogP contribution >= 0.6 is 12.4 Å². The van der Waals surface area contributed by atoms with E-state index in [9.17, 15) is 5.11 Å². The van der Waals surface area contributed by atoms with E-state index in [2.05, 4.69) is 17.9 Å². The Kier molecular flexibility index (Phi) is 4.18. The van der Waals surface area contributed by atoms with Gasteiger partial charge in [-0.3, -0.25) is 4.90 Å². The van der Waals surface area contributed by atoms with Gasteiger partial charge in [-0.25, -0.2) is 0 Å². The third kappa shape index (κ3) is 2.24. The molecule has 0 aromatic heterocycles. The lowest BCUT2D eigenvalue weighted by atomic mass is 9.79. The summed E-state index contributed by atoms with van der Waals surface area (Å²) >= 11 is 0. The fourth-order valence-corrected chi connectivity index (χ4v) is 3.69. The van der Waals surface area contributed by atoms with E-state index < -0.39 is 0 Å². The number of halogens is 1. The normalized spacial score (nSPS) is 26.3. The molecule has 1 aromatic rings. The number of likely N-dealkylation sites (tertiary alicyclic amines) is 1. The highest BCUT2D eigenvalue weighted by Gasteiger charge is 2.37. The van der Waals surface area contributed by atoms with Gasteiger partial charge in [-0.2, -0.15) is 0 Å². The number of fused-ring (bicyclic) bond motifs is 3. The van der Waals surface area contributed by atoms with Gasteiger partial charge in [0, 0.05) is 12.0 Å². The molecule has 1 N–H and O–H groups in total. The second kappa shape index (κ2) is 5.50. The zero-order valence-electron chi connectivity index (χ0n) is 10.9. The number of aromatic hydroxyl groups is 1. The molecule has 0 radical (unpaired) electrons. The van der Waals surface area contributed by atoms with Gasteiger partial charge in [0.25, 0.3) is 0 Å². The van der Waals surface area contributed by atoms with Crippen molar-refractivity contribution in [3.63, 3.8) is 0 Å². The summed E-state index contributed by atoms with van der Waals surface area (Å²) in [6.45, 7) is 4.73. The summed E-state index contributed by atoms with van der Waals surface area (Å²) in [6.07, 6.45) is 4.98. The van der Waals surface area contributed by atoms with E-state index in [1.54, 1.807) is 0 Å². The second-order valence-corrected chi connectivity index (χ2v) is 5.42. The maximum Gasteiger partial charge on any atom is 0.115 e. The Morgan fingerprint density at radius 2 is 2.17 bits per heavy atom. The smallest absolute Gasteiger partial charge is 0.115 e. The number of aryl methyl sites for hydroxylation is 1. The summed E-state index contributed by atoms with van der Waals surface area (Å²) in [5, 5.41) is 9.66. The van der Waals surface area contributed by atoms with Crippen molar-refractivity contribution >= 4 is 12.4 Å². The Bertz CT molecular complexity index is 421. The van der Waals surface area contributed by atoms with Crippen LogP contribution in [0.3, 0.4) is 0 Å². The van der Waals surface area contributed by atoms with E-state index in [1.807, 2.05) is 12.1 Å². The van der Waals surface area contributed by atoms with Gasteiger partial charge in [-0.15, -0.1) is 12.4 Å². The molecule has 3 heteroatoms. The molecular weight excluding hydrogens is 246 g/mol. The zero-order valence-corrected chi connectivity index (χ0v) is 11.7. The number of benzene rings is 1. The molecule has 2 aliphatic rings. The number of hydrogen-bond acceptors (Lipinski definition) is 2. The van der Waals surface area contributed by atoms with Gasteiger partial charge in [-0.05, 0) is 62.0 Å². The molecule has 1 saturated heterocycles. The van der Waals surface area contributed by atoms with Crippen LogP contribution in [0.25, 0.3) is 0 Å². The molecule has 2 atom stereocenters. The number of hydrogen-bond donors (Lipinski definition) is 1. The van der Waals surface area contributed by atoms with Crippen molar-refractivity contribution in [2.75, 3.05) is 13.1 Å². The van der Waals surface area contributed by atoms with Crippen molar-refractivity contribution in [2.45, 2.75) is 44.6 Å². The van der Waals surface area contributed by atoms with Gasteiger partial charge >= 0.3 is 0 Å². The fraction of sp³-hybridized carbons (Fsp3) is 0.600. The molecule has 0 unspecified atom stereocenters. The minimum Gasteiger partial charge on any atom is -0.508 e. The summed E-state index contributed by atoms with van der Waals surface area (Å²) in [4.78, 5) is 2.65. The molecule has 0 saturated carbocycles. The van der Waals surface area contributed by atoms with Crippen molar-refractivity contribution in [3.8, 4) is 5.75 Å². The maximum absolute atomic E-state index is 9.66. The summed E-state index contributed by atoms with van der Waals surface area (Å²) in [5.41, 5.74) is 2.88. The predicted molar refractivity (Wildman–Crippen MR) is 76.7 cm³/mol. The molecule has 0 amide bonds. The SMILES string of the molecule is CCCN1CC[C@H]2c3cc(O)ccc3CC[C@H]21.Cl. The Hall–Kier alpha value is -0.730. The number of phenolic OH excluding ortho intramolecular Hbond substituents is 1. The maximum atomic E-state index is 9.66. The van der Waals surface area contributed by atoms with E-state index in [0.29, 0.717) is 11.7 Å². The first-order valence-corrected chi connectivity index (χ1v) is 6.85. The predicted octanol–water partition coefficient (Wildman–Crippen LogP) is 3.33. The van der Waals surface area contributed by atoms with E-state index >= 15 is 0 Å². The molecule has 100 valence electrons. The van der Waals surface area contributed by atoms with Gasteiger partial charge in [0.15, 0.2) is 0 Å². The average molecular weight is 268 g/mol. The Labute approximate surface area is 115 Å². The van der Waals surface area contributed by atoms with Crippen LogP contribution in [0.4, 0.5) is 0 Å². The van der Waals surface area contributed by atoms with Crippen LogP contribution in [0.15, 0.2) is 18.2 Å². The molecule has 1 heterocycles. The molecular formula is C15H22ClNO. The molecule has 3 rings (SSSR count). The summed E-state index contributed by atoms with van der Waals surface area (Å²) in [5.74, 6) is 1.09. The highest BCUT2D eigenvalue weighted by atomic mass is 35.5. The van der Waals surface area contributed by atoms with Crippen LogP contribution < -0.4 is 0 Å². The number of phenols is 1. The molecule has 1 aromatic carbocycles. The zero-order chi connectivity index (χ0) is 11.8. The topological polar surface area (TPSA) is 23.5 Å². The van der Waals surface area contributed by atoms with E-state index in [1.165, 1.54) is 49.9 Å². The second-order valence-electron chi connectivity index (χ2n) is 5.42. The fourth-order valence-electron chi connectivity index (χ4n) is 3.69. The number of nitrogens with zero attached hydrogens (tertiary/aromatic N) is 1. The van der Waals surface area contributed by atoms with Crippen LogP contribution in [0.2, 0.25) is 0 Å². The van der Waals surface area contributed by atoms with E-state index in [-0.39, 0.29) is 12.4 Å². The minimum atomic E-state index is 0. The summed E-state index contributed by atoms with van der Waals surface area (Å²) < 4.78 is 0.